The first-order valence-corrected chi connectivity index (χ1v) is 13.8. The molecule has 0 radical (unpaired) electrons. The maximum atomic E-state index is 13.7. The molecular weight excluding hydrogens is 576 g/mol. The number of nitrogens with zero attached hydrogens (tertiary/aromatic N) is 4. The summed E-state index contributed by atoms with van der Waals surface area (Å²) in [6, 6.07) is 11.6. The van der Waals surface area contributed by atoms with Crippen LogP contribution < -0.4 is 5.32 Å². The smallest absolute Gasteiger partial charge is 0.243 e. The number of halogens is 4. The highest BCUT2D eigenvalue weighted by molar-refractivity contribution is 9.10. The first-order valence-electron chi connectivity index (χ1n) is 11.2. The van der Waals surface area contributed by atoms with Crippen LogP contribution in [0.5, 0.6) is 0 Å². The van der Waals surface area contributed by atoms with Crippen molar-refractivity contribution in [2.24, 2.45) is 5.92 Å². The van der Waals surface area contributed by atoms with Gasteiger partial charge in [-0.15, -0.1) is 0 Å². The van der Waals surface area contributed by atoms with Crippen LogP contribution in [0.25, 0.3) is 16.9 Å². The van der Waals surface area contributed by atoms with Crippen molar-refractivity contribution in [3.05, 3.63) is 75.9 Å². The second-order valence-electron chi connectivity index (χ2n) is 8.59. The maximum absolute atomic E-state index is 13.7. The van der Waals surface area contributed by atoms with E-state index in [1.165, 1.54) is 4.31 Å². The summed E-state index contributed by atoms with van der Waals surface area (Å²) in [7, 11) is -4.02. The highest BCUT2D eigenvalue weighted by Crippen LogP contribution is 2.31. The van der Waals surface area contributed by atoms with Gasteiger partial charge in [0.25, 0.3) is 0 Å². The largest absolute Gasteiger partial charge is 0.370 e. The highest BCUT2D eigenvalue weighted by atomic mass is 79.9. The van der Waals surface area contributed by atoms with Gasteiger partial charge in [-0.05, 0) is 52.9 Å². The van der Waals surface area contributed by atoms with Gasteiger partial charge in [0.1, 0.15) is 17.5 Å². The van der Waals surface area contributed by atoms with Gasteiger partial charge in [-0.25, -0.2) is 22.2 Å². The fourth-order valence-electron chi connectivity index (χ4n) is 4.36. The average Bonchev–Trinajstić information content (AvgIpc) is 3.23. The summed E-state index contributed by atoms with van der Waals surface area (Å²) >= 11 is 9.88. The molecule has 1 saturated heterocycles. The Morgan fingerprint density at radius 2 is 1.89 bits per heavy atom. The second-order valence-corrected chi connectivity index (χ2v) is 11.8. The van der Waals surface area contributed by atoms with E-state index in [1.807, 2.05) is 24.3 Å². The Morgan fingerprint density at radius 1 is 1.14 bits per heavy atom. The molecule has 3 heterocycles. The molecule has 0 aliphatic carbocycles. The van der Waals surface area contributed by atoms with Crippen molar-refractivity contribution in [2.45, 2.75) is 17.7 Å². The number of aromatic nitrogens is 3. The van der Waals surface area contributed by atoms with Crippen LogP contribution in [0.1, 0.15) is 12.8 Å². The van der Waals surface area contributed by atoms with Gasteiger partial charge in [-0.3, -0.25) is 0 Å². The monoisotopic (exact) mass is 595 g/mol. The molecule has 1 atom stereocenters. The van der Waals surface area contributed by atoms with E-state index in [0.29, 0.717) is 47.8 Å². The number of piperidine rings is 1. The molecule has 0 bridgehead atoms. The van der Waals surface area contributed by atoms with E-state index < -0.39 is 21.7 Å². The minimum Gasteiger partial charge on any atom is -0.370 e. The molecule has 1 fully saturated rings. The minimum absolute atomic E-state index is 0.0297. The van der Waals surface area contributed by atoms with Crippen molar-refractivity contribution in [3.8, 4) is 11.3 Å². The van der Waals surface area contributed by atoms with E-state index in [9.17, 15) is 17.2 Å². The summed E-state index contributed by atoms with van der Waals surface area (Å²) < 4.78 is 57.1. The first-order chi connectivity index (χ1) is 17.2. The van der Waals surface area contributed by atoms with E-state index >= 15 is 0 Å². The zero-order valence-electron chi connectivity index (χ0n) is 18.8. The summed E-state index contributed by atoms with van der Waals surface area (Å²) in [4.78, 5) is 4.31. The number of nitrogens with one attached hydrogen (secondary N) is 1. The van der Waals surface area contributed by atoms with Crippen LogP contribution in [-0.4, -0.2) is 47.0 Å². The standard InChI is InChI=1S/C24H21BrClF2N5O2S/c25-20-13-30-33-23(11-22(31-24(20)33)19-5-1-2-6-21(19)26)29-12-15-4-3-7-32(14-15)36(34,35)18-9-16(27)8-17(28)10-18/h1-2,5-6,8-11,13,15,29H,3-4,7,12,14H2. The van der Waals surface area contributed by atoms with Gasteiger partial charge in [0.15, 0.2) is 5.65 Å². The quantitative estimate of drug-likeness (QED) is 0.313. The fraction of sp³-hybridized carbons (Fsp3) is 0.250. The Morgan fingerprint density at radius 3 is 2.64 bits per heavy atom. The summed E-state index contributed by atoms with van der Waals surface area (Å²) in [5.41, 5.74) is 2.05. The lowest BCUT2D eigenvalue weighted by molar-refractivity contribution is 0.275. The third kappa shape index (κ3) is 4.97. The highest BCUT2D eigenvalue weighted by Gasteiger charge is 2.31. The van der Waals surface area contributed by atoms with E-state index in [4.69, 9.17) is 16.6 Å². The third-order valence-corrected chi connectivity index (χ3v) is 8.84. The van der Waals surface area contributed by atoms with Crippen molar-refractivity contribution in [3.63, 3.8) is 0 Å². The molecular formula is C24H21BrClF2N5O2S. The summed E-state index contributed by atoms with van der Waals surface area (Å²) in [5, 5.41) is 8.34. The van der Waals surface area contributed by atoms with Crippen LogP contribution >= 0.6 is 27.5 Å². The van der Waals surface area contributed by atoms with Gasteiger partial charge in [-0.2, -0.15) is 13.9 Å². The molecule has 12 heteroatoms. The van der Waals surface area contributed by atoms with E-state index in [0.717, 1.165) is 28.6 Å². The van der Waals surface area contributed by atoms with Crippen molar-refractivity contribution < 1.29 is 17.2 Å². The number of anilines is 1. The van der Waals surface area contributed by atoms with Crippen molar-refractivity contribution in [1.29, 1.82) is 0 Å². The predicted octanol–water partition coefficient (Wildman–Crippen LogP) is 5.60. The molecule has 36 heavy (non-hydrogen) atoms. The van der Waals surface area contributed by atoms with Crippen LogP contribution in [0.2, 0.25) is 5.02 Å². The SMILES string of the molecule is O=S(=O)(c1cc(F)cc(F)c1)N1CCCC(CNc2cc(-c3ccccc3Cl)nc3c(Br)cnn23)C1. The average molecular weight is 597 g/mol. The molecule has 1 aliphatic heterocycles. The molecule has 188 valence electrons. The Labute approximate surface area is 220 Å². The molecule has 4 aromatic rings. The molecule has 2 aromatic carbocycles. The fourth-order valence-corrected chi connectivity index (χ4v) is 6.53. The zero-order chi connectivity index (χ0) is 25.4. The zero-order valence-corrected chi connectivity index (χ0v) is 22.0. The Hall–Kier alpha value is -2.60. The van der Waals surface area contributed by atoms with Gasteiger partial charge in [0.2, 0.25) is 10.0 Å². The van der Waals surface area contributed by atoms with Crippen molar-refractivity contribution in [2.75, 3.05) is 25.0 Å². The molecule has 1 aliphatic rings. The predicted molar refractivity (Wildman–Crippen MR) is 137 cm³/mol. The lowest BCUT2D eigenvalue weighted by Gasteiger charge is -2.32. The Bertz CT molecular complexity index is 1530. The number of hydrogen-bond acceptors (Lipinski definition) is 5. The Balaban J connectivity index is 1.38. The number of fused-ring (bicyclic) bond motifs is 1. The number of benzene rings is 2. The minimum atomic E-state index is -4.02. The normalized spacial score (nSPS) is 16.9. The van der Waals surface area contributed by atoms with Gasteiger partial charge in [0, 0.05) is 42.4 Å². The Kier molecular flexibility index (Phi) is 6.99. The molecule has 2 aromatic heterocycles. The number of rotatable bonds is 6. The topological polar surface area (TPSA) is 79.6 Å². The molecule has 1 N–H and O–H groups in total. The van der Waals surface area contributed by atoms with Gasteiger partial charge in [0.05, 0.1) is 21.3 Å². The van der Waals surface area contributed by atoms with Gasteiger partial charge >= 0.3 is 0 Å². The van der Waals surface area contributed by atoms with Crippen molar-refractivity contribution >= 4 is 49.0 Å². The molecule has 0 saturated carbocycles. The maximum Gasteiger partial charge on any atom is 0.243 e. The summed E-state index contributed by atoms with van der Waals surface area (Å²) in [6.07, 6.45) is 3.08. The van der Waals surface area contributed by atoms with Gasteiger partial charge < -0.3 is 5.32 Å². The molecule has 5 rings (SSSR count). The molecule has 0 amide bonds. The summed E-state index contributed by atoms with van der Waals surface area (Å²) in [6.45, 7) is 0.975. The van der Waals surface area contributed by atoms with E-state index in [2.05, 4.69) is 26.3 Å². The second kappa shape index (κ2) is 10.0. The lowest BCUT2D eigenvalue weighted by atomic mass is 10.00. The first kappa shape index (κ1) is 25.1. The van der Waals surface area contributed by atoms with Gasteiger partial charge in [-0.1, -0.05) is 29.8 Å². The van der Waals surface area contributed by atoms with E-state index in [1.54, 1.807) is 16.8 Å². The van der Waals surface area contributed by atoms with Crippen LogP contribution in [-0.2, 0) is 10.0 Å². The van der Waals surface area contributed by atoms with E-state index in [-0.39, 0.29) is 17.4 Å². The number of sulfonamides is 1. The number of hydrogen-bond donors (Lipinski definition) is 1. The summed E-state index contributed by atoms with van der Waals surface area (Å²) in [5.74, 6) is -1.21. The molecule has 1 unspecified atom stereocenters. The third-order valence-electron chi connectivity index (χ3n) is 6.11. The van der Waals surface area contributed by atoms with Crippen LogP contribution in [0, 0.1) is 17.6 Å². The van der Waals surface area contributed by atoms with Crippen LogP contribution in [0.4, 0.5) is 14.6 Å². The lowest BCUT2D eigenvalue weighted by Crippen LogP contribution is -2.41. The van der Waals surface area contributed by atoms with Crippen LogP contribution in [0.15, 0.2) is 64.1 Å². The molecule has 0 spiro atoms. The van der Waals surface area contributed by atoms with Crippen molar-refractivity contribution in [1.82, 2.24) is 18.9 Å². The van der Waals surface area contributed by atoms with Crippen LogP contribution in [0.3, 0.4) is 0 Å². The molecule has 7 nitrogen and oxygen atoms in total.